The Kier molecular flexibility index (Phi) is 3.50. The Morgan fingerprint density at radius 1 is 1.27 bits per heavy atom. The van der Waals surface area contributed by atoms with Crippen molar-refractivity contribution in [2.75, 3.05) is 18.5 Å². The molecule has 2 heterocycles. The molecular formula is C14H11N3O3S2. The van der Waals surface area contributed by atoms with Gasteiger partial charge in [-0.3, -0.25) is 24.2 Å². The molecule has 1 fully saturated rings. The van der Waals surface area contributed by atoms with Gasteiger partial charge in [-0.15, -0.1) is 0 Å². The van der Waals surface area contributed by atoms with Gasteiger partial charge in [0.15, 0.2) is 0 Å². The molecule has 22 heavy (non-hydrogen) atoms. The van der Waals surface area contributed by atoms with Gasteiger partial charge in [-0.2, -0.15) is 0 Å². The molecule has 2 aliphatic heterocycles. The van der Waals surface area contributed by atoms with E-state index in [-0.39, 0.29) is 22.9 Å². The molecule has 6 nitrogen and oxygen atoms in total. The molecule has 0 saturated carbocycles. The van der Waals surface area contributed by atoms with E-state index in [9.17, 15) is 14.4 Å². The van der Waals surface area contributed by atoms with Crippen molar-refractivity contribution in [3.8, 4) is 0 Å². The average Bonchev–Trinajstić information content (AvgIpc) is 2.88. The summed E-state index contributed by atoms with van der Waals surface area (Å²) in [5.41, 5.74) is 6.67. The van der Waals surface area contributed by atoms with Crippen LogP contribution in [0.2, 0.25) is 0 Å². The number of nitrogens with zero attached hydrogens (tertiary/aromatic N) is 2. The Balaban J connectivity index is 2.18. The lowest BCUT2D eigenvalue weighted by Crippen LogP contribution is -2.36. The molecule has 1 aromatic rings. The molecule has 8 heteroatoms. The van der Waals surface area contributed by atoms with Gasteiger partial charge in [-0.25, -0.2) is 0 Å². The van der Waals surface area contributed by atoms with Crippen molar-refractivity contribution in [1.82, 2.24) is 4.90 Å². The van der Waals surface area contributed by atoms with Crippen LogP contribution in [-0.4, -0.2) is 40.5 Å². The molecular weight excluding hydrogens is 322 g/mol. The van der Waals surface area contributed by atoms with Gasteiger partial charge in [0.1, 0.15) is 10.9 Å². The summed E-state index contributed by atoms with van der Waals surface area (Å²) in [6.45, 7) is -0.230. The highest BCUT2D eigenvalue weighted by Crippen LogP contribution is 2.43. The van der Waals surface area contributed by atoms with E-state index in [1.165, 1.54) is 9.80 Å². The maximum atomic E-state index is 12.7. The minimum Gasteiger partial charge on any atom is -0.368 e. The lowest BCUT2D eigenvalue weighted by molar-refractivity contribution is -0.121. The van der Waals surface area contributed by atoms with Gasteiger partial charge >= 0.3 is 0 Å². The number of nitrogens with two attached hydrogens (primary N) is 1. The first kappa shape index (κ1) is 14.7. The summed E-state index contributed by atoms with van der Waals surface area (Å²) in [7, 11) is 1.57. The van der Waals surface area contributed by atoms with E-state index in [0.717, 1.165) is 11.8 Å². The van der Waals surface area contributed by atoms with Crippen LogP contribution >= 0.6 is 24.0 Å². The number of thiocarbonyl (C=S) groups is 1. The SMILES string of the molecule is CN1C(=O)C(=C2C(=O)N(CC(N)=O)c3ccccc32)SC1=S. The fraction of sp³-hybridized carbons (Fsp3) is 0.143. The summed E-state index contributed by atoms with van der Waals surface area (Å²) >= 11 is 6.19. The highest BCUT2D eigenvalue weighted by atomic mass is 32.2. The van der Waals surface area contributed by atoms with Gasteiger partial charge in [0.25, 0.3) is 11.8 Å². The molecule has 0 aromatic heterocycles. The zero-order valence-electron chi connectivity index (χ0n) is 11.5. The van der Waals surface area contributed by atoms with Crippen LogP contribution < -0.4 is 10.6 Å². The summed E-state index contributed by atoms with van der Waals surface area (Å²) in [5.74, 6) is -1.34. The summed E-state index contributed by atoms with van der Waals surface area (Å²) < 4.78 is 0.395. The van der Waals surface area contributed by atoms with Crippen molar-refractivity contribution in [3.05, 3.63) is 34.7 Å². The van der Waals surface area contributed by atoms with Crippen molar-refractivity contribution >= 4 is 57.3 Å². The fourth-order valence-electron chi connectivity index (χ4n) is 2.40. The second-order valence-electron chi connectivity index (χ2n) is 4.81. The Morgan fingerprint density at radius 3 is 2.55 bits per heavy atom. The number of fused-ring (bicyclic) bond motifs is 1. The standard InChI is InChI=1S/C14H11N3O3S2/c1-16-13(20)11(22-14(16)21)10-7-4-2-3-5-8(7)17(12(10)19)6-9(15)18/h2-5H,6H2,1H3,(H2,15,18). The highest BCUT2D eigenvalue weighted by molar-refractivity contribution is 8.26. The van der Waals surface area contributed by atoms with Crippen LogP contribution in [-0.2, 0) is 14.4 Å². The summed E-state index contributed by atoms with van der Waals surface area (Å²) in [5, 5.41) is 0. The smallest absolute Gasteiger partial charge is 0.266 e. The second-order valence-corrected chi connectivity index (χ2v) is 6.46. The lowest BCUT2D eigenvalue weighted by Gasteiger charge is -2.14. The van der Waals surface area contributed by atoms with Crippen LogP contribution in [0, 0.1) is 0 Å². The van der Waals surface area contributed by atoms with Crippen molar-refractivity contribution < 1.29 is 14.4 Å². The molecule has 112 valence electrons. The normalized spacial score (nSPS) is 20.9. The van der Waals surface area contributed by atoms with E-state index >= 15 is 0 Å². The van der Waals surface area contributed by atoms with Crippen LogP contribution in [0.25, 0.3) is 5.57 Å². The first-order valence-corrected chi connectivity index (χ1v) is 7.58. The van der Waals surface area contributed by atoms with Gasteiger partial charge < -0.3 is 5.73 Å². The van der Waals surface area contributed by atoms with E-state index in [1.54, 1.807) is 31.3 Å². The quantitative estimate of drug-likeness (QED) is 0.637. The molecule has 3 amide bonds. The molecule has 2 aliphatic rings. The van der Waals surface area contributed by atoms with Crippen molar-refractivity contribution in [3.63, 3.8) is 0 Å². The maximum absolute atomic E-state index is 12.7. The number of likely N-dealkylation sites (N-methyl/N-ethyl adjacent to an activating group) is 1. The molecule has 2 N–H and O–H groups in total. The molecule has 1 saturated heterocycles. The monoisotopic (exact) mass is 333 g/mol. The van der Waals surface area contributed by atoms with Gasteiger partial charge in [-0.05, 0) is 6.07 Å². The van der Waals surface area contributed by atoms with Gasteiger partial charge in [0, 0.05) is 12.6 Å². The van der Waals surface area contributed by atoms with Crippen LogP contribution in [0.4, 0.5) is 5.69 Å². The first-order chi connectivity index (χ1) is 10.4. The van der Waals surface area contributed by atoms with Crippen LogP contribution in [0.5, 0.6) is 0 Å². The zero-order chi connectivity index (χ0) is 16.0. The molecule has 0 atom stereocenters. The third-order valence-electron chi connectivity index (χ3n) is 3.43. The number of carbonyl (C=O) groups is 3. The van der Waals surface area contributed by atoms with E-state index < -0.39 is 11.8 Å². The van der Waals surface area contributed by atoms with Crippen molar-refractivity contribution in [1.29, 1.82) is 0 Å². The van der Waals surface area contributed by atoms with Gasteiger partial charge in [0.05, 0.1) is 16.2 Å². The van der Waals surface area contributed by atoms with Crippen molar-refractivity contribution in [2.24, 2.45) is 5.73 Å². The molecule has 1 aromatic carbocycles. The number of hydrogen-bond donors (Lipinski definition) is 1. The number of para-hydroxylation sites is 1. The largest absolute Gasteiger partial charge is 0.368 e. The van der Waals surface area contributed by atoms with Crippen LogP contribution in [0.1, 0.15) is 5.56 Å². The minimum atomic E-state index is -0.618. The first-order valence-electron chi connectivity index (χ1n) is 6.35. The van der Waals surface area contributed by atoms with E-state index in [4.69, 9.17) is 18.0 Å². The Bertz CT molecular complexity index is 772. The average molecular weight is 333 g/mol. The highest BCUT2D eigenvalue weighted by Gasteiger charge is 2.41. The lowest BCUT2D eigenvalue weighted by atomic mass is 10.1. The number of anilines is 1. The van der Waals surface area contributed by atoms with E-state index in [2.05, 4.69) is 0 Å². The number of carbonyl (C=O) groups excluding carboxylic acids is 3. The summed E-state index contributed by atoms with van der Waals surface area (Å²) in [4.78, 5) is 39.1. The topological polar surface area (TPSA) is 83.7 Å². The van der Waals surface area contributed by atoms with E-state index in [0.29, 0.717) is 15.6 Å². The van der Waals surface area contributed by atoms with Crippen molar-refractivity contribution in [2.45, 2.75) is 0 Å². The molecule has 0 aliphatic carbocycles. The predicted octanol–water partition coefficient (Wildman–Crippen LogP) is 0.720. The number of primary amides is 1. The van der Waals surface area contributed by atoms with Gasteiger partial charge in [0.2, 0.25) is 5.91 Å². The minimum absolute atomic E-state index is 0.230. The molecule has 3 rings (SSSR count). The van der Waals surface area contributed by atoms with E-state index in [1.807, 2.05) is 0 Å². The third-order valence-corrected chi connectivity index (χ3v) is 4.98. The maximum Gasteiger partial charge on any atom is 0.266 e. The Labute approximate surface area is 135 Å². The van der Waals surface area contributed by atoms with Crippen LogP contribution in [0.15, 0.2) is 29.2 Å². The van der Waals surface area contributed by atoms with Crippen LogP contribution in [0.3, 0.4) is 0 Å². The van der Waals surface area contributed by atoms with Gasteiger partial charge in [-0.1, -0.05) is 42.2 Å². The number of amides is 3. The molecule has 0 radical (unpaired) electrons. The number of hydrogen-bond acceptors (Lipinski definition) is 5. The predicted molar refractivity (Wildman–Crippen MR) is 87.9 cm³/mol. The number of benzene rings is 1. The molecule has 0 bridgehead atoms. The second kappa shape index (κ2) is 5.22. The fourth-order valence-corrected chi connectivity index (χ4v) is 3.66. The third kappa shape index (κ3) is 2.11. The summed E-state index contributed by atoms with van der Waals surface area (Å²) in [6.07, 6.45) is 0. The number of thioether (sulfide) groups is 1. The Hall–Kier alpha value is -2.19. The number of rotatable bonds is 2. The Morgan fingerprint density at radius 2 is 1.95 bits per heavy atom. The summed E-state index contributed by atoms with van der Waals surface area (Å²) in [6, 6.07) is 6.99. The molecule has 0 unspecified atom stereocenters. The zero-order valence-corrected chi connectivity index (χ0v) is 13.2. The molecule has 0 spiro atoms.